The minimum atomic E-state index is -4.37. The van der Waals surface area contributed by atoms with Crippen molar-refractivity contribution in [1.29, 1.82) is 0 Å². The summed E-state index contributed by atoms with van der Waals surface area (Å²) in [6.07, 6.45) is 2.55. The van der Waals surface area contributed by atoms with Gasteiger partial charge in [-0.2, -0.15) is 0 Å². The molecule has 3 unspecified atom stereocenters. The van der Waals surface area contributed by atoms with Crippen LogP contribution in [-0.2, 0) is 74.8 Å². The predicted molar refractivity (Wildman–Crippen MR) is 201 cm³/mol. The van der Waals surface area contributed by atoms with Gasteiger partial charge in [0.15, 0.2) is 0 Å². The summed E-state index contributed by atoms with van der Waals surface area (Å²) in [6, 6.07) is 0. The molecular weight excluding hydrogens is 806 g/mol. The average Bonchev–Trinajstić information content (AvgIpc) is 3.17. The van der Waals surface area contributed by atoms with E-state index in [1.165, 1.54) is 6.92 Å². The average molecular weight is 871 g/mol. The molecule has 3 atom stereocenters. The smallest absolute Gasteiger partial charge is 0.396 e. The van der Waals surface area contributed by atoms with E-state index in [4.69, 9.17) is 42.4 Å². The summed E-state index contributed by atoms with van der Waals surface area (Å²) in [7, 11) is -7.37. The van der Waals surface area contributed by atoms with Crippen LogP contribution in [0.1, 0.15) is 39.0 Å². The molecule has 0 aliphatic rings. The summed E-state index contributed by atoms with van der Waals surface area (Å²) in [5.74, 6) is -1.29. The lowest BCUT2D eigenvalue weighted by molar-refractivity contribution is -0.127. The Labute approximate surface area is 334 Å². The number of aliphatic hydroxyl groups is 1. The number of hydrogen-bond acceptors (Lipinski definition) is 17. The molecule has 0 spiro atoms. The first-order valence-electron chi connectivity index (χ1n) is 18.6. The largest absolute Gasteiger partial charge is 0.472 e. The zero-order valence-corrected chi connectivity index (χ0v) is 34.8. The van der Waals surface area contributed by atoms with Crippen LogP contribution in [0.25, 0.3) is 0 Å². The highest BCUT2D eigenvalue weighted by Gasteiger charge is 2.23. The Hall–Kier alpha value is -2.18. The lowest BCUT2D eigenvalue weighted by Crippen LogP contribution is -2.32. The summed E-state index contributed by atoms with van der Waals surface area (Å²) in [5.41, 5.74) is 0. The number of carbonyl (C=O) groups excluding carboxylic acids is 4. The minimum Gasteiger partial charge on any atom is -0.396 e. The highest BCUT2D eigenvalue weighted by molar-refractivity contribution is 7.47. The number of carbonyl (C=O) groups is 4. The van der Waals surface area contributed by atoms with Gasteiger partial charge < -0.3 is 64.6 Å². The van der Waals surface area contributed by atoms with Gasteiger partial charge in [0, 0.05) is 59.2 Å². The number of aliphatic hydroxyl groups excluding tert-OH is 1. The van der Waals surface area contributed by atoms with Gasteiger partial charge in [-0.1, -0.05) is 6.42 Å². The molecule has 0 bridgehead atoms. The van der Waals surface area contributed by atoms with Crippen molar-refractivity contribution in [3.63, 3.8) is 0 Å². The van der Waals surface area contributed by atoms with Crippen LogP contribution < -0.4 is 21.3 Å². The predicted octanol–water partition coefficient (Wildman–Crippen LogP) is -0.973. The third-order valence-corrected chi connectivity index (χ3v) is 8.92. The molecule has 25 heteroatoms. The Morgan fingerprint density at radius 1 is 0.544 bits per heavy atom. The Morgan fingerprint density at radius 2 is 1.00 bits per heavy atom. The number of nitrogens with one attached hydrogen (secondary N) is 4. The van der Waals surface area contributed by atoms with Gasteiger partial charge in [-0.25, -0.2) is 9.13 Å². The van der Waals surface area contributed by atoms with Crippen LogP contribution in [-0.4, -0.2) is 178 Å². The van der Waals surface area contributed by atoms with Crippen molar-refractivity contribution in [1.82, 2.24) is 21.3 Å². The van der Waals surface area contributed by atoms with Gasteiger partial charge in [0.2, 0.25) is 23.6 Å². The van der Waals surface area contributed by atoms with Crippen molar-refractivity contribution in [2.45, 2.75) is 39.0 Å². The van der Waals surface area contributed by atoms with Crippen LogP contribution in [0.2, 0.25) is 0 Å². The van der Waals surface area contributed by atoms with Crippen LogP contribution in [0.5, 0.6) is 0 Å². The first-order chi connectivity index (χ1) is 27.3. The number of rotatable bonds is 41. The van der Waals surface area contributed by atoms with Crippen molar-refractivity contribution >= 4 is 39.3 Å². The van der Waals surface area contributed by atoms with Gasteiger partial charge in [-0.3, -0.25) is 37.3 Å². The topological polar surface area (TPSA) is 304 Å². The molecule has 23 nitrogen and oxygen atoms in total. The zero-order valence-electron chi connectivity index (χ0n) is 33.0. The number of phosphoric acid groups is 2. The summed E-state index contributed by atoms with van der Waals surface area (Å²) < 4.78 is 73.4. The fraction of sp³-hybridized carbons (Fsp3) is 0.875. The minimum absolute atomic E-state index is 0.0200. The first-order valence-corrected chi connectivity index (χ1v) is 21.6. The summed E-state index contributed by atoms with van der Waals surface area (Å²) >= 11 is 0. The maximum Gasteiger partial charge on any atom is 0.472 e. The van der Waals surface area contributed by atoms with Gasteiger partial charge in [0.05, 0.1) is 85.9 Å². The third kappa shape index (κ3) is 39.1. The molecule has 0 aliphatic carbocycles. The van der Waals surface area contributed by atoms with Gasteiger partial charge in [0.1, 0.15) is 13.2 Å². The maximum absolute atomic E-state index is 12.1. The molecule has 0 aromatic carbocycles. The Morgan fingerprint density at radius 3 is 1.53 bits per heavy atom. The zero-order chi connectivity index (χ0) is 42.5. The van der Waals surface area contributed by atoms with Crippen LogP contribution in [0.4, 0.5) is 0 Å². The second-order valence-electron chi connectivity index (χ2n) is 11.8. The quantitative estimate of drug-likeness (QED) is 0.0287. The van der Waals surface area contributed by atoms with Crippen molar-refractivity contribution in [2.75, 3.05) is 139 Å². The van der Waals surface area contributed by atoms with Gasteiger partial charge >= 0.3 is 15.6 Å². The SMILES string of the molecule is COP(=O)(O)OCCOCCOCCOP(=O)(O)OCC(CO)CCCCNC(=O)COCCOCCNC(=O)COCCOCCNC(=O)CCCNC(C)=O. The van der Waals surface area contributed by atoms with E-state index < -0.39 is 21.6 Å². The molecule has 0 rings (SSSR count). The molecule has 57 heavy (non-hydrogen) atoms. The normalized spacial score (nSPS) is 14.0. The molecule has 0 fully saturated rings. The summed E-state index contributed by atoms with van der Waals surface area (Å²) in [4.78, 5) is 65.1. The highest BCUT2D eigenvalue weighted by Crippen LogP contribution is 2.43. The number of hydrogen-bond donors (Lipinski definition) is 7. The lowest BCUT2D eigenvalue weighted by atomic mass is 10.0. The van der Waals surface area contributed by atoms with Crippen LogP contribution >= 0.6 is 15.6 Å². The van der Waals surface area contributed by atoms with E-state index >= 15 is 0 Å². The van der Waals surface area contributed by atoms with Gasteiger partial charge in [-0.05, 0) is 19.3 Å². The molecule has 0 aromatic heterocycles. The van der Waals surface area contributed by atoms with E-state index in [-0.39, 0.29) is 129 Å². The lowest BCUT2D eigenvalue weighted by Gasteiger charge is -2.17. The Balaban J connectivity index is 3.63. The van der Waals surface area contributed by atoms with Crippen molar-refractivity contribution < 1.29 is 89.7 Å². The van der Waals surface area contributed by atoms with E-state index in [0.29, 0.717) is 58.3 Å². The molecule has 4 amide bonds. The van der Waals surface area contributed by atoms with Crippen LogP contribution in [0.3, 0.4) is 0 Å². The second-order valence-corrected chi connectivity index (χ2v) is 14.8. The Bertz CT molecular complexity index is 1160. The van der Waals surface area contributed by atoms with Gasteiger partial charge in [0.25, 0.3) is 0 Å². The number of phosphoric ester groups is 2. The summed E-state index contributed by atoms with van der Waals surface area (Å²) in [5, 5.41) is 20.3. The molecule has 0 aromatic rings. The van der Waals surface area contributed by atoms with E-state index in [1.54, 1.807) is 0 Å². The molecule has 0 heterocycles. The Kier molecular flexibility index (Phi) is 35.5. The van der Waals surface area contributed by atoms with E-state index in [0.717, 1.165) is 7.11 Å². The van der Waals surface area contributed by atoms with Gasteiger partial charge in [-0.15, -0.1) is 0 Å². The number of unbranched alkanes of at least 4 members (excludes halogenated alkanes) is 1. The highest BCUT2D eigenvalue weighted by atomic mass is 31.2. The van der Waals surface area contributed by atoms with E-state index in [2.05, 4.69) is 30.3 Å². The molecule has 0 saturated heterocycles. The van der Waals surface area contributed by atoms with E-state index in [9.17, 15) is 38.3 Å². The summed E-state index contributed by atoms with van der Waals surface area (Å²) in [6.45, 7) is 3.41. The molecule has 0 saturated carbocycles. The fourth-order valence-corrected chi connectivity index (χ4v) is 5.24. The van der Waals surface area contributed by atoms with Crippen LogP contribution in [0.15, 0.2) is 0 Å². The maximum atomic E-state index is 12.1. The second kappa shape index (κ2) is 36.9. The molecule has 336 valence electrons. The number of ether oxygens (including phenoxy) is 6. The molecular formula is C32H64N4O19P2. The van der Waals surface area contributed by atoms with Crippen molar-refractivity contribution in [2.24, 2.45) is 5.92 Å². The number of amides is 4. The standard InChI is InChI=1S/C32H64N4O19P2/c1-28(38)33-9-5-7-30(39)35-10-12-47-16-19-52-27-32(41)36-11-13-48-17-18-51-26-31(40)34-8-4-3-6-29(24-37)25-55-57(44,45)54-23-21-50-15-14-49-20-22-53-56(42,43)46-2/h29,37H,3-27H2,1-2H3,(H,33,38)(H,34,40)(H,35,39)(H,36,41)(H,42,43)(H,44,45). The molecule has 0 radical (unpaired) electrons. The first kappa shape index (κ1) is 54.8. The molecule has 0 aliphatic heterocycles. The van der Waals surface area contributed by atoms with Crippen LogP contribution in [0, 0.1) is 5.92 Å². The molecule has 7 N–H and O–H groups in total. The van der Waals surface area contributed by atoms with E-state index in [1.807, 2.05) is 0 Å². The van der Waals surface area contributed by atoms with Crippen molar-refractivity contribution in [3.05, 3.63) is 0 Å². The fourth-order valence-electron chi connectivity index (χ4n) is 4.05. The third-order valence-electron chi connectivity index (χ3n) is 6.96. The monoisotopic (exact) mass is 870 g/mol. The van der Waals surface area contributed by atoms with Crippen molar-refractivity contribution in [3.8, 4) is 0 Å².